The Morgan fingerprint density at radius 3 is 2.63 bits per heavy atom. The second kappa shape index (κ2) is 6.42. The van der Waals surface area contributed by atoms with Crippen LogP contribution < -0.4 is 10.6 Å². The number of rotatable bonds is 4. The van der Waals surface area contributed by atoms with E-state index in [-0.39, 0.29) is 0 Å². The molecule has 1 heterocycles. The Balaban J connectivity index is 1.77. The van der Waals surface area contributed by atoms with E-state index in [0.717, 1.165) is 19.0 Å². The van der Waals surface area contributed by atoms with Crippen LogP contribution in [0.4, 0.5) is 0 Å². The van der Waals surface area contributed by atoms with Crippen molar-refractivity contribution in [2.45, 2.75) is 46.1 Å². The molecular formula is C15H25N3S. The van der Waals surface area contributed by atoms with Gasteiger partial charge in [-0.25, -0.2) is 0 Å². The predicted molar refractivity (Wildman–Crippen MR) is 83.8 cm³/mol. The summed E-state index contributed by atoms with van der Waals surface area (Å²) in [5, 5.41) is 6.86. The van der Waals surface area contributed by atoms with Gasteiger partial charge >= 0.3 is 0 Å². The average molecular weight is 279 g/mol. The minimum atomic E-state index is 0.455. The molecule has 0 spiro atoms. The highest BCUT2D eigenvalue weighted by atomic mass is 32.1. The van der Waals surface area contributed by atoms with Crippen LogP contribution in [0.3, 0.4) is 0 Å². The SMILES string of the molecule is CN=C(NCc1ccc(C)s1)NCC1(C)CCCC1. The maximum Gasteiger partial charge on any atom is 0.191 e. The summed E-state index contributed by atoms with van der Waals surface area (Å²) in [7, 11) is 1.84. The Bertz CT molecular complexity index is 430. The van der Waals surface area contributed by atoms with Crippen LogP contribution in [0, 0.1) is 12.3 Å². The fourth-order valence-electron chi connectivity index (χ4n) is 2.67. The fraction of sp³-hybridized carbons (Fsp3) is 0.667. The smallest absolute Gasteiger partial charge is 0.191 e. The second-order valence-corrected chi connectivity index (χ2v) is 7.18. The van der Waals surface area contributed by atoms with Crippen molar-refractivity contribution >= 4 is 17.3 Å². The zero-order chi connectivity index (χ0) is 13.7. The molecule has 1 fully saturated rings. The zero-order valence-electron chi connectivity index (χ0n) is 12.3. The predicted octanol–water partition coefficient (Wildman–Crippen LogP) is 3.30. The normalized spacial score (nSPS) is 18.6. The molecule has 0 unspecified atom stereocenters. The molecule has 1 aliphatic rings. The van der Waals surface area contributed by atoms with E-state index in [0.29, 0.717) is 5.41 Å². The lowest BCUT2D eigenvalue weighted by atomic mass is 9.89. The lowest BCUT2D eigenvalue weighted by molar-refractivity contribution is 0.334. The van der Waals surface area contributed by atoms with Crippen molar-refractivity contribution in [3.63, 3.8) is 0 Å². The van der Waals surface area contributed by atoms with E-state index in [1.54, 1.807) is 0 Å². The first-order valence-corrected chi connectivity index (χ1v) is 7.93. The van der Waals surface area contributed by atoms with Gasteiger partial charge in [0.2, 0.25) is 0 Å². The third kappa shape index (κ3) is 4.23. The van der Waals surface area contributed by atoms with E-state index in [1.807, 2.05) is 18.4 Å². The molecule has 1 aromatic rings. The molecule has 0 radical (unpaired) electrons. The Kier molecular flexibility index (Phi) is 4.86. The number of hydrogen-bond acceptors (Lipinski definition) is 2. The zero-order valence-corrected chi connectivity index (χ0v) is 13.1. The molecule has 0 aliphatic heterocycles. The highest BCUT2D eigenvalue weighted by Gasteiger charge is 2.28. The third-order valence-electron chi connectivity index (χ3n) is 3.94. The van der Waals surface area contributed by atoms with Gasteiger partial charge in [0.05, 0.1) is 6.54 Å². The Morgan fingerprint density at radius 1 is 1.32 bits per heavy atom. The lowest BCUT2D eigenvalue weighted by Crippen LogP contribution is -2.41. The molecule has 2 N–H and O–H groups in total. The molecule has 19 heavy (non-hydrogen) atoms. The van der Waals surface area contributed by atoms with Gasteiger partial charge in [0.15, 0.2) is 5.96 Å². The van der Waals surface area contributed by atoms with Crippen molar-refractivity contribution < 1.29 is 0 Å². The van der Waals surface area contributed by atoms with E-state index in [2.05, 4.69) is 41.6 Å². The van der Waals surface area contributed by atoms with E-state index in [1.165, 1.54) is 35.4 Å². The number of nitrogens with zero attached hydrogens (tertiary/aromatic N) is 1. The van der Waals surface area contributed by atoms with E-state index < -0.39 is 0 Å². The van der Waals surface area contributed by atoms with Gasteiger partial charge in [-0.15, -0.1) is 11.3 Å². The van der Waals surface area contributed by atoms with Gasteiger partial charge in [-0.05, 0) is 37.3 Å². The van der Waals surface area contributed by atoms with Crippen LogP contribution in [0.5, 0.6) is 0 Å². The molecule has 4 heteroatoms. The molecule has 2 rings (SSSR count). The summed E-state index contributed by atoms with van der Waals surface area (Å²) in [6.45, 7) is 6.40. The van der Waals surface area contributed by atoms with Crippen LogP contribution in [-0.2, 0) is 6.54 Å². The molecule has 106 valence electrons. The van der Waals surface area contributed by atoms with E-state index in [4.69, 9.17) is 0 Å². The topological polar surface area (TPSA) is 36.4 Å². The van der Waals surface area contributed by atoms with Crippen molar-refractivity contribution in [2.75, 3.05) is 13.6 Å². The number of aryl methyl sites for hydroxylation is 1. The number of thiophene rings is 1. The molecule has 3 nitrogen and oxygen atoms in total. The Labute approximate surface area is 120 Å². The van der Waals surface area contributed by atoms with Crippen LogP contribution in [0.2, 0.25) is 0 Å². The summed E-state index contributed by atoms with van der Waals surface area (Å²) in [5.74, 6) is 0.916. The first-order valence-electron chi connectivity index (χ1n) is 7.11. The van der Waals surface area contributed by atoms with Gasteiger partial charge in [-0.3, -0.25) is 4.99 Å². The van der Waals surface area contributed by atoms with Gasteiger partial charge in [0.25, 0.3) is 0 Å². The first kappa shape index (κ1) is 14.4. The fourth-order valence-corrected chi connectivity index (χ4v) is 3.50. The molecule has 0 atom stereocenters. The Morgan fingerprint density at radius 2 is 2.05 bits per heavy atom. The lowest BCUT2D eigenvalue weighted by Gasteiger charge is -2.25. The molecule has 1 saturated carbocycles. The van der Waals surface area contributed by atoms with Crippen molar-refractivity contribution in [1.82, 2.24) is 10.6 Å². The summed E-state index contributed by atoms with van der Waals surface area (Å²) in [4.78, 5) is 7.01. The van der Waals surface area contributed by atoms with Crippen molar-refractivity contribution in [2.24, 2.45) is 10.4 Å². The third-order valence-corrected chi connectivity index (χ3v) is 4.94. The monoisotopic (exact) mass is 279 g/mol. The molecular weight excluding hydrogens is 254 g/mol. The van der Waals surface area contributed by atoms with Gasteiger partial charge in [0, 0.05) is 23.3 Å². The molecule has 0 aromatic carbocycles. The van der Waals surface area contributed by atoms with Gasteiger partial charge in [-0.1, -0.05) is 19.8 Å². The first-order chi connectivity index (χ1) is 9.11. The van der Waals surface area contributed by atoms with Crippen molar-refractivity contribution in [3.05, 3.63) is 21.9 Å². The Hall–Kier alpha value is -1.03. The standard InChI is InChI=1S/C15H25N3S/c1-12-6-7-13(19-12)10-17-14(16-3)18-11-15(2)8-4-5-9-15/h6-7H,4-5,8-11H2,1-3H3,(H2,16,17,18). The van der Waals surface area contributed by atoms with E-state index >= 15 is 0 Å². The minimum absolute atomic E-state index is 0.455. The maximum atomic E-state index is 4.30. The maximum absolute atomic E-state index is 4.30. The molecule has 0 bridgehead atoms. The summed E-state index contributed by atoms with van der Waals surface area (Å²) in [6.07, 6.45) is 5.42. The highest BCUT2D eigenvalue weighted by Crippen LogP contribution is 2.36. The van der Waals surface area contributed by atoms with Crippen molar-refractivity contribution in [3.8, 4) is 0 Å². The number of guanidine groups is 1. The molecule has 0 saturated heterocycles. The van der Waals surface area contributed by atoms with Gasteiger partial charge in [0.1, 0.15) is 0 Å². The highest BCUT2D eigenvalue weighted by molar-refractivity contribution is 7.11. The van der Waals surface area contributed by atoms with Crippen LogP contribution in [0.25, 0.3) is 0 Å². The van der Waals surface area contributed by atoms with Crippen LogP contribution in [0.1, 0.15) is 42.4 Å². The summed E-state index contributed by atoms with van der Waals surface area (Å²) >= 11 is 1.84. The number of aliphatic imine (C=N–C) groups is 1. The molecule has 1 aromatic heterocycles. The number of hydrogen-bond donors (Lipinski definition) is 2. The molecule has 0 amide bonds. The summed E-state index contributed by atoms with van der Waals surface area (Å²) in [6, 6.07) is 4.34. The quantitative estimate of drug-likeness (QED) is 0.655. The summed E-state index contributed by atoms with van der Waals surface area (Å²) < 4.78 is 0. The summed E-state index contributed by atoms with van der Waals surface area (Å²) in [5.41, 5.74) is 0.455. The average Bonchev–Trinajstić information content (AvgIpc) is 2.99. The largest absolute Gasteiger partial charge is 0.356 e. The second-order valence-electron chi connectivity index (χ2n) is 5.81. The number of nitrogens with one attached hydrogen (secondary N) is 2. The van der Waals surface area contributed by atoms with Gasteiger partial charge in [-0.2, -0.15) is 0 Å². The minimum Gasteiger partial charge on any atom is -0.356 e. The van der Waals surface area contributed by atoms with E-state index in [9.17, 15) is 0 Å². The van der Waals surface area contributed by atoms with Crippen molar-refractivity contribution in [1.29, 1.82) is 0 Å². The van der Waals surface area contributed by atoms with Crippen LogP contribution >= 0.6 is 11.3 Å². The van der Waals surface area contributed by atoms with Crippen LogP contribution in [-0.4, -0.2) is 19.6 Å². The molecule has 1 aliphatic carbocycles. The van der Waals surface area contributed by atoms with Crippen LogP contribution in [0.15, 0.2) is 17.1 Å². The van der Waals surface area contributed by atoms with Gasteiger partial charge < -0.3 is 10.6 Å².